The Morgan fingerprint density at radius 3 is 2.74 bits per heavy atom. The third-order valence-corrected chi connectivity index (χ3v) is 4.70. The van der Waals surface area contributed by atoms with E-state index in [1.54, 1.807) is 35.8 Å². The van der Waals surface area contributed by atoms with Gasteiger partial charge in [-0.3, -0.25) is 9.36 Å². The second kappa shape index (κ2) is 6.34. The smallest absolute Gasteiger partial charge is 0.354 e. The Hall–Kier alpha value is -2.47. The molecule has 1 aromatic carbocycles. The Labute approximate surface area is 137 Å². The van der Waals surface area contributed by atoms with Crippen molar-refractivity contribution in [2.75, 3.05) is 0 Å². The molecule has 23 heavy (non-hydrogen) atoms. The molecule has 0 saturated carbocycles. The second-order valence-corrected chi connectivity index (χ2v) is 6.18. The van der Waals surface area contributed by atoms with E-state index in [1.165, 1.54) is 17.7 Å². The van der Waals surface area contributed by atoms with Gasteiger partial charge in [-0.1, -0.05) is 25.1 Å². The van der Waals surface area contributed by atoms with Gasteiger partial charge in [0.1, 0.15) is 15.5 Å². The van der Waals surface area contributed by atoms with Crippen LogP contribution in [-0.2, 0) is 6.54 Å². The molecule has 0 fully saturated rings. The van der Waals surface area contributed by atoms with Crippen molar-refractivity contribution < 1.29 is 9.53 Å². The summed E-state index contributed by atoms with van der Waals surface area (Å²) in [5, 5.41) is 0.506. The number of aryl methyl sites for hydroxylation is 2. The molecule has 0 aliphatic rings. The first-order chi connectivity index (χ1) is 11.1. The summed E-state index contributed by atoms with van der Waals surface area (Å²) in [7, 11) is 0. The fraction of sp³-hybridized carbons (Fsp3) is 0.235. The van der Waals surface area contributed by atoms with Crippen LogP contribution in [0.3, 0.4) is 0 Å². The van der Waals surface area contributed by atoms with Crippen molar-refractivity contribution in [2.45, 2.75) is 26.8 Å². The summed E-state index contributed by atoms with van der Waals surface area (Å²) in [4.78, 5) is 30.2. The highest BCUT2D eigenvalue weighted by Crippen LogP contribution is 2.28. The van der Waals surface area contributed by atoms with Crippen LogP contribution in [0.15, 0.2) is 41.5 Å². The van der Waals surface area contributed by atoms with Crippen LogP contribution >= 0.6 is 11.3 Å². The maximum Gasteiger partial charge on any atom is 0.354 e. The molecule has 3 aromatic rings. The van der Waals surface area contributed by atoms with Crippen molar-refractivity contribution in [1.82, 2.24) is 9.55 Å². The molecule has 0 aliphatic carbocycles. The molecule has 0 aliphatic heterocycles. The Kier molecular flexibility index (Phi) is 4.25. The number of benzene rings is 1. The molecular weight excluding hydrogens is 312 g/mol. The molecule has 0 N–H and O–H groups in total. The zero-order valence-electron chi connectivity index (χ0n) is 12.9. The van der Waals surface area contributed by atoms with Gasteiger partial charge in [-0.2, -0.15) is 0 Å². The highest BCUT2D eigenvalue weighted by atomic mass is 32.1. The van der Waals surface area contributed by atoms with E-state index in [9.17, 15) is 9.59 Å². The molecule has 3 rings (SSSR count). The molecule has 0 unspecified atom stereocenters. The first kappa shape index (κ1) is 15.4. The van der Waals surface area contributed by atoms with Gasteiger partial charge in [-0.05, 0) is 31.0 Å². The van der Waals surface area contributed by atoms with Crippen LogP contribution < -0.4 is 10.3 Å². The van der Waals surface area contributed by atoms with E-state index in [0.717, 1.165) is 6.42 Å². The fourth-order valence-electron chi connectivity index (χ4n) is 2.40. The number of para-hydroxylation sites is 1. The molecule has 2 heterocycles. The lowest BCUT2D eigenvalue weighted by molar-refractivity contribution is 0.0739. The van der Waals surface area contributed by atoms with E-state index in [4.69, 9.17) is 4.74 Å². The van der Waals surface area contributed by atoms with Crippen molar-refractivity contribution >= 4 is 27.5 Å². The largest absolute Gasteiger partial charge is 0.422 e. The lowest BCUT2D eigenvalue weighted by atomic mass is 10.2. The van der Waals surface area contributed by atoms with Crippen LogP contribution in [0.4, 0.5) is 0 Å². The number of hydrogen-bond acceptors (Lipinski definition) is 5. The molecule has 2 aromatic heterocycles. The van der Waals surface area contributed by atoms with Crippen molar-refractivity contribution in [3.05, 3.63) is 57.5 Å². The first-order valence-electron chi connectivity index (χ1n) is 7.37. The number of thiophene rings is 1. The van der Waals surface area contributed by atoms with Gasteiger partial charge in [0, 0.05) is 6.54 Å². The predicted octanol–water partition coefficient (Wildman–Crippen LogP) is 3.40. The normalized spacial score (nSPS) is 10.9. The van der Waals surface area contributed by atoms with Gasteiger partial charge in [0.15, 0.2) is 0 Å². The van der Waals surface area contributed by atoms with Crippen molar-refractivity contribution in [2.24, 2.45) is 0 Å². The van der Waals surface area contributed by atoms with Crippen LogP contribution in [0.2, 0.25) is 0 Å². The minimum Gasteiger partial charge on any atom is -0.422 e. The maximum atomic E-state index is 12.5. The highest BCUT2D eigenvalue weighted by Gasteiger charge is 2.20. The number of hydrogen-bond donors (Lipinski definition) is 0. The van der Waals surface area contributed by atoms with Crippen LogP contribution in [0.25, 0.3) is 10.2 Å². The summed E-state index contributed by atoms with van der Waals surface area (Å²) in [5.74, 6) is 0.0175. The van der Waals surface area contributed by atoms with Gasteiger partial charge in [-0.15, -0.1) is 11.3 Å². The summed E-state index contributed by atoms with van der Waals surface area (Å²) in [6.45, 7) is 4.38. The van der Waals surface area contributed by atoms with E-state index in [0.29, 0.717) is 33.0 Å². The van der Waals surface area contributed by atoms with Crippen molar-refractivity contribution in [3.8, 4) is 5.75 Å². The molecular formula is C17H16N2O3S. The lowest BCUT2D eigenvalue weighted by Crippen LogP contribution is -2.20. The Morgan fingerprint density at radius 1 is 1.30 bits per heavy atom. The Bertz CT molecular complexity index is 913. The van der Waals surface area contributed by atoms with Crippen LogP contribution in [0, 0.1) is 6.92 Å². The number of carbonyl (C=O) groups excluding carboxylic acids is 1. The molecule has 5 nitrogen and oxygen atoms in total. The van der Waals surface area contributed by atoms with Gasteiger partial charge in [0.25, 0.3) is 5.56 Å². The minimum atomic E-state index is -0.460. The van der Waals surface area contributed by atoms with E-state index in [1.807, 2.05) is 13.0 Å². The standard InChI is InChI=1S/C17H16N2O3S/c1-3-9-19-10-18-15-13(16(19)20)11(2)14(23-15)17(21)22-12-7-5-4-6-8-12/h4-8,10H,3,9H2,1-2H3. The van der Waals surface area contributed by atoms with E-state index >= 15 is 0 Å². The quantitative estimate of drug-likeness (QED) is 0.544. The summed E-state index contributed by atoms with van der Waals surface area (Å²) in [6, 6.07) is 8.87. The molecule has 0 radical (unpaired) electrons. The van der Waals surface area contributed by atoms with Gasteiger partial charge in [0.05, 0.1) is 11.7 Å². The average Bonchev–Trinajstić information content (AvgIpc) is 2.89. The number of aromatic nitrogens is 2. The third-order valence-electron chi connectivity index (χ3n) is 3.52. The summed E-state index contributed by atoms with van der Waals surface area (Å²) < 4.78 is 6.94. The lowest BCUT2D eigenvalue weighted by Gasteiger charge is -2.03. The first-order valence-corrected chi connectivity index (χ1v) is 8.19. The monoisotopic (exact) mass is 328 g/mol. The van der Waals surface area contributed by atoms with Crippen LogP contribution in [0.5, 0.6) is 5.75 Å². The molecule has 118 valence electrons. The van der Waals surface area contributed by atoms with Crippen molar-refractivity contribution in [3.63, 3.8) is 0 Å². The number of fused-ring (bicyclic) bond motifs is 1. The topological polar surface area (TPSA) is 61.2 Å². The molecule has 0 saturated heterocycles. The molecule has 0 atom stereocenters. The predicted molar refractivity (Wildman–Crippen MR) is 90.3 cm³/mol. The van der Waals surface area contributed by atoms with Gasteiger partial charge in [-0.25, -0.2) is 9.78 Å². The SMILES string of the molecule is CCCn1cnc2sc(C(=O)Oc3ccccc3)c(C)c2c1=O. The number of rotatable bonds is 4. The Morgan fingerprint density at radius 2 is 2.04 bits per heavy atom. The number of nitrogens with zero attached hydrogens (tertiary/aromatic N) is 2. The number of carbonyl (C=O) groups is 1. The minimum absolute atomic E-state index is 0.107. The van der Waals surface area contributed by atoms with E-state index in [-0.39, 0.29) is 5.56 Å². The van der Waals surface area contributed by atoms with Crippen molar-refractivity contribution in [1.29, 1.82) is 0 Å². The van der Waals surface area contributed by atoms with Crippen LogP contribution in [-0.4, -0.2) is 15.5 Å². The highest BCUT2D eigenvalue weighted by molar-refractivity contribution is 7.20. The third kappa shape index (κ3) is 2.90. The Balaban J connectivity index is 2.02. The van der Waals surface area contributed by atoms with Crippen LogP contribution in [0.1, 0.15) is 28.6 Å². The fourth-order valence-corrected chi connectivity index (χ4v) is 3.41. The summed E-state index contributed by atoms with van der Waals surface area (Å²) in [6.07, 6.45) is 2.38. The molecule has 0 spiro atoms. The average molecular weight is 328 g/mol. The zero-order valence-corrected chi connectivity index (χ0v) is 13.7. The summed E-state index contributed by atoms with van der Waals surface area (Å²) >= 11 is 1.19. The van der Waals surface area contributed by atoms with Gasteiger partial charge in [0.2, 0.25) is 0 Å². The van der Waals surface area contributed by atoms with Gasteiger partial charge < -0.3 is 4.74 Å². The van der Waals surface area contributed by atoms with E-state index < -0.39 is 5.97 Å². The second-order valence-electron chi connectivity index (χ2n) is 5.18. The zero-order chi connectivity index (χ0) is 16.4. The maximum absolute atomic E-state index is 12.5. The molecule has 0 bridgehead atoms. The van der Waals surface area contributed by atoms with E-state index in [2.05, 4.69) is 4.98 Å². The molecule has 0 amide bonds. The number of ether oxygens (including phenoxy) is 1. The molecule has 6 heteroatoms. The number of esters is 1. The van der Waals surface area contributed by atoms with Gasteiger partial charge >= 0.3 is 5.97 Å². The summed E-state index contributed by atoms with van der Waals surface area (Å²) in [5.41, 5.74) is 0.526.